The SMILES string of the molecule is C=CC(c1cc2ccccc2[nH]1)N1CCC(c2cc3ccccc3[nH]2)CC1. The fraction of sp³-hybridized carbons (Fsp3) is 0.250. The summed E-state index contributed by atoms with van der Waals surface area (Å²) in [5.74, 6) is 0.613. The van der Waals surface area contributed by atoms with E-state index in [-0.39, 0.29) is 6.04 Å². The van der Waals surface area contributed by atoms with Crippen LogP contribution in [0.25, 0.3) is 21.8 Å². The van der Waals surface area contributed by atoms with Crippen LogP contribution in [-0.2, 0) is 0 Å². The van der Waals surface area contributed by atoms with E-state index in [4.69, 9.17) is 0 Å². The zero-order valence-electron chi connectivity index (χ0n) is 15.5. The fourth-order valence-corrected chi connectivity index (χ4v) is 4.53. The third-order valence-corrected chi connectivity index (χ3v) is 6.01. The van der Waals surface area contributed by atoms with Gasteiger partial charge in [-0.05, 0) is 61.0 Å². The van der Waals surface area contributed by atoms with Crippen molar-refractivity contribution in [1.29, 1.82) is 0 Å². The van der Waals surface area contributed by atoms with Gasteiger partial charge in [-0.3, -0.25) is 4.90 Å². The summed E-state index contributed by atoms with van der Waals surface area (Å²) < 4.78 is 0. The molecule has 5 rings (SSSR count). The van der Waals surface area contributed by atoms with E-state index in [0.29, 0.717) is 5.92 Å². The van der Waals surface area contributed by atoms with Gasteiger partial charge in [-0.15, -0.1) is 6.58 Å². The van der Waals surface area contributed by atoms with E-state index in [9.17, 15) is 0 Å². The van der Waals surface area contributed by atoms with Gasteiger partial charge in [0.2, 0.25) is 0 Å². The summed E-state index contributed by atoms with van der Waals surface area (Å²) in [6, 6.07) is 21.9. The Balaban J connectivity index is 1.33. The minimum Gasteiger partial charge on any atom is -0.358 e. The molecule has 1 fully saturated rings. The number of aromatic amines is 2. The number of rotatable bonds is 4. The maximum atomic E-state index is 4.12. The molecule has 2 aromatic heterocycles. The first-order valence-electron chi connectivity index (χ1n) is 9.84. The minimum absolute atomic E-state index is 0.251. The molecule has 3 heteroatoms. The molecule has 1 aliphatic rings. The Labute approximate surface area is 159 Å². The van der Waals surface area contributed by atoms with Crippen molar-refractivity contribution in [2.75, 3.05) is 13.1 Å². The topological polar surface area (TPSA) is 34.8 Å². The van der Waals surface area contributed by atoms with Crippen molar-refractivity contribution in [2.45, 2.75) is 24.8 Å². The van der Waals surface area contributed by atoms with Gasteiger partial charge < -0.3 is 9.97 Å². The highest BCUT2D eigenvalue weighted by Gasteiger charge is 2.27. The molecule has 0 amide bonds. The van der Waals surface area contributed by atoms with Gasteiger partial charge >= 0.3 is 0 Å². The lowest BCUT2D eigenvalue weighted by Crippen LogP contribution is -2.35. The molecule has 3 nitrogen and oxygen atoms in total. The number of hydrogen-bond donors (Lipinski definition) is 2. The molecule has 136 valence electrons. The fourth-order valence-electron chi connectivity index (χ4n) is 4.53. The third-order valence-electron chi connectivity index (χ3n) is 6.01. The first-order chi connectivity index (χ1) is 13.3. The van der Waals surface area contributed by atoms with Crippen LogP contribution in [0.15, 0.2) is 73.3 Å². The van der Waals surface area contributed by atoms with Crippen molar-refractivity contribution in [3.05, 3.63) is 84.7 Å². The van der Waals surface area contributed by atoms with Crippen LogP contribution in [0.4, 0.5) is 0 Å². The molecule has 2 N–H and O–H groups in total. The van der Waals surface area contributed by atoms with Gasteiger partial charge in [0, 0.05) is 28.3 Å². The number of fused-ring (bicyclic) bond motifs is 2. The lowest BCUT2D eigenvalue weighted by atomic mass is 9.92. The zero-order chi connectivity index (χ0) is 18.2. The summed E-state index contributed by atoms with van der Waals surface area (Å²) in [6.07, 6.45) is 4.43. The average molecular weight is 355 g/mol. The highest BCUT2D eigenvalue weighted by atomic mass is 15.2. The molecule has 0 spiro atoms. The van der Waals surface area contributed by atoms with Crippen LogP contribution >= 0.6 is 0 Å². The largest absolute Gasteiger partial charge is 0.358 e. The summed E-state index contributed by atoms with van der Waals surface area (Å²) in [4.78, 5) is 9.77. The maximum absolute atomic E-state index is 4.12. The Kier molecular flexibility index (Phi) is 4.10. The second kappa shape index (κ2) is 6.75. The van der Waals surface area contributed by atoms with Crippen molar-refractivity contribution in [1.82, 2.24) is 14.9 Å². The summed E-state index contributed by atoms with van der Waals surface area (Å²) in [6.45, 7) is 6.30. The molecule has 3 heterocycles. The van der Waals surface area contributed by atoms with Crippen LogP contribution in [0.3, 0.4) is 0 Å². The number of aromatic nitrogens is 2. The van der Waals surface area contributed by atoms with E-state index in [1.165, 1.54) is 46.0 Å². The smallest absolute Gasteiger partial charge is 0.0681 e. The molecular formula is C24H25N3. The summed E-state index contributed by atoms with van der Waals surface area (Å²) in [5.41, 5.74) is 5.08. The van der Waals surface area contributed by atoms with Crippen molar-refractivity contribution >= 4 is 21.8 Å². The van der Waals surface area contributed by atoms with E-state index in [1.807, 2.05) is 0 Å². The molecular weight excluding hydrogens is 330 g/mol. The predicted octanol–water partition coefficient (Wildman–Crippen LogP) is 5.76. The molecule has 1 unspecified atom stereocenters. The van der Waals surface area contributed by atoms with Gasteiger partial charge in [0.15, 0.2) is 0 Å². The number of likely N-dealkylation sites (tertiary alicyclic amines) is 1. The van der Waals surface area contributed by atoms with Gasteiger partial charge in [0.05, 0.1) is 6.04 Å². The van der Waals surface area contributed by atoms with Crippen LogP contribution in [0.5, 0.6) is 0 Å². The van der Waals surface area contributed by atoms with Gasteiger partial charge in [0.1, 0.15) is 0 Å². The van der Waals surface area contributed by atoms with Gasteiger partial charge in [0.25, 0.3) is 0 Å². The molecule has 0 radical (unpaired) electrons. The lowest BCUT2D eigenvalue weighted by molar-refractivity contribution is 0.175. The number of nitrogens with one attached hydrogen (secondary N) is 2. The zero-order valence-corrected chi connectivity index (χ0v) is 15.5. The third kappa shape index (κ3) is 2.98. The van der Waals surface area contributed by atoms with Gasteiger partial charge in [-0.1, -0.05) is 42.5 Å². The number of piperidine rings is 1. The van der Waals surface area contributed by atoms with Crippen molar-refractivity contribution < 1.29 is 0 Å². The molecule has 1 aliphatic heterocycles. The Morgan fingerprint density at radius 3 is 2.15 bits per heavy atom. The molecule has 0 saturated carbocycles. The number of para-hydroxylation sites is 2. The minimum atomic E-state index is 0.251. The number of nitrogens with zero attached hydrogens (tertiary/aromatic N) is 1. The molecule has 1 atom stereocenters. The van der Waals surface area contributed by atoms with Crippen molar-refractivity contribution in [3.8, 4) is 0 Å². The van der Waals surface area contributed by atoms with Crippen LogP contribution in [0.2, 0.25) is 0 Å². The van der Waals surface area contributed by atoms with E-state index >= 15 is 0 Å². The summed E-state index contributed by atoms with van der Waals surface area (Å²) in [7, 11) is 0. The van der Waals surface area contributed by atoms with E-state index in [0.717, 1.165) is 13.1 Å². The molecule has 2 aromatic carbocycles. The van der Waals surface area contributed by atoms with Crippen molar-refractivity contribution in [2.24, 2.45) is 0 Å². The first-order valence-corrected chi connectivity index (χ1v) is 9.84. The number of hydrogen-bond acceptors (Lipinski definition) is 1. The Morgan fingerprint density at radius 1 is 0.889 bits per heavy atom. The predicted molar refractivity (Wildman–Crippen MR) is 113 cm³/mol. The normalized spacial score (nSPS) is 17.5. The molecule has 0 aliphatic carbocycles. The maximum Gasteiger partial charge on any atom is 0.0681 e. The number of H-pyrrole nitrogens is 2. The Hall–Kier alpha value is -2.78. The van der Waals surface area contributed by atoms with Crippen LogP contribution in [-0.4, -0.2) is 28.0 Å². The number of benzene rings is 2. The van der Waals surface area contributed by atoms with Crippen molar-refractivity contribution in [3.63, 3.8) is 0 Å². The van der Waals surface area contributed by atoms with E-state index in [1.54, 1.807) is 0 Å². The van der Waals surface area contributed by atoms with Crippen LogP contribution < -0.4 is 0 Å². The average Bonchev–Trinajstić information content (AvgIpc) is 3.33. The molecule has 27 heavy (non-hydrogen) atoms. The second-order valence-electron chi connectivity index (χ2n) is 7.61. The molecule has 4 aromatic rings. The van der Waals surface area contributed by atoms with E-state index in [2.05, 4.69) is 88.2 Å². The highest BCUT2D eigenvalue weighted by Crippen LogP contribution is 2.34. The lowest BCUT2D eigenvalue weighted by Gasteiger charge is -2.35. The standard InChI is InChI=1S/C24H25N3/c1-2-24(23-16-19-8-4-6-10-21(19)26-23)27-13-11-17(12-14-27)22-15-18-7-3-5-9-20(18)25-22/h2-10,15-17,24-26H,1,11-14H2. The van der Waals surface area contributed by atoms with Crippen LogP contribution in [0.1, 0.15) is 36.2 Å². The Bertz CT molecular complexity index is 1010. The second-order valence-corrected chi connectivity index (χ2v) is 7.61. The molecule has 1 saturated heterocycles. The van der Waals surface area contributed by atoms with Crippen LogP contribution in [0, 0.1) is 0 Å². The quantitative estimate of drug-likeness (QED) is 0.449. The highest BCUT2D eigenvalue weighted by molar-refractivity contribution is 5.81. The van der Waals surface area contributed by atoms with Gasteiger partial charge in [-0.2, -0.15) is 0 Å². The monoisotopic (exact) mass is 355 g/mol. The summed E-state index contributed by atoms with van der Waals surface area (Å²) >= 11 is 0. The summed E-state index contributed by atoms with van der Waals surface area (Å²) in [5, 5.41) is 2.59. The van der Waals surface area contributed by atoms with Gasteiger partial charge in [-0.25, -0.2) is 0 Å². The molecule has 0 bridgehead atoms. The first kappa shape index (κ1) is 16.4. The van der Waals surface area contributed by atoms with E-state index < -0.39 is 0 Å². The Morgan fingerprint density at radius 2 is 1.52 bits per heavy atom.